The number of allylic oxidation sites excluding steroid dienone is 1. The van der Waals surface area contributed by atoms with Crippen LogP contribution in [0.1, 0.15) is 56.1 Å². The third-order valence-corrected chi connectivity index (χ3v) is 6.82. The number of carboxylic acids is 2. The monoisotopic (exact) mass is 514 g/mol. The number of rotatable bonds is 7. The van der Waals surface area contributed by atoms with Crippen LogP contribution in [0.3, 0.4) is 0 Å². The van der Waals surface area contributed by atoms with E-state index in [0.29, 0.717) is 23.9 Å². The van der Waals surface area contributed by atoms with E-state index in [4.69, 9.17) is 24.5 Å². The van der Waals surface area contributed by atoms with Gasteiger partial charge in [-0.25, -0.2) is 14.0 Å². The van der Waals surface area contributed by atoms with Crippen molar-refractivity contribution in [2.75, 3.05) is 19.7 Å². The van der Waals surface area contributed by atoms with Crippen molar-refractivity contribution in [1.82, 2.24) is 9.88 Å². The molecule has 0 amide bonds. The first-order valence-electron chi connectivity index (χ1n) is 12.8. The Morgan fingerprint density at radius 3 is 2.41 bits per heavy atom. The molecule has 4 rings (SSSR count). The van der Waals surface area contributed by atoms with Gasteiger partial charge in [0, 0.05) is 23.9 Å². The van der Waals surface area contributed by atoms with Gasteiger partial charge in [0.15, 0.2) is 0 Å². The summed E-state index contributed by atoms with van der Waals surface area (Å²) in [5.74, 6) is -1.86. The molecule has 1 aromatic carbocycles. The highest BCUT2D eigenvalue weighted by Crippen LogP contribution is 2.27. The van der Waals surface area contributed by atoms with Crippen LogP contribution in [0.15, 0.2) is 47.4 Å². The van der Waals surface area contributed by atoms with Crippen LogP contribution in [0.4, 0.5) is 4.39 Å². The fraction of sp³-hybridized carbons (Fsp3) is 0.464. The summed E-state index contributed by atoms with van der Waals surface area (Å²) in [6.45, 7) is 3.14. The largest absolute Gasteiger partial charge is 0.493 e. The van der Waals surface area contributed by atoms with E-state index in [0.717, 1.165) is 50.0 Å². The van der Waals surface area contributed by atoms with Crippen molar-refractivity contribution >= 4 is 18.0 Å². The number of benzene rings is 1. The van der Waals surface area contributed by atoms with E-state index in [1.54, 1.807) is 0 Å². The third-order valence-electron chi connectivity index (χ3n) is 6.82. The number of likely N-dealkylation sites (tertiary alicyclic amines) is 1. The average molecular weight is 515 g/mol. The van der Waals surface area contributed by atoms with Gasteiger partial charge in [-0.15, -0.1) is 0 Å². The molecule has 37 heavy (non-hydrogen) atoms. The number of piperidine rings is 1. The molecule has 1 saturated carbocycles. The van der Waals surface area contributed by atoms with Crippen LogP contribution in [0, 0.1) is 17.7 Å². The summed E-state index contributed by atoms with van der Waals surface area (Å²) in [5, 5.41) is 14.8. The Morgan fingerprint density at radius 2 is 1.73 bits per heavy atom. The summed E-state index contributed by atoms with van der Waals surface area (Å²) in [6, 6.07) is 9.64. The lowest BCUT2D eigenvalue weighted by molar-refractivity contribution is -0.159. The lowest BCUT2D eigenvalue weighted by Gasteiger charge is -2.30. The minimum absolute atomic E-state index is 0.201. The zero-order chi connectivity index (χ0) is 26.6. The standard InChI is InChI=1S/C26H33FN2O2.C2H2O4/c27-24-16-23(26(30)28-17-24)18-29-14-12-20(13-15-29)10-11-22-8-4-5-9-25(22)31-19-21-6-2-1-3-7-21;3-1(4)2(5)6/h4-5,8-11,16-17,20-21H,1-3,6-7,12-15,18-19H2,(H,28,30);(H,3,4)(H,5,6). The molecule has 1 aromatic heterocycles. The van der Waals surface area contributed by atoms with E-state index in [1.165, 1.54) is 38.2 Å². The lowest BCUT2D eigenvalue weighted by Crippen LogP contribution is -2.34. The molecule has 0 spiro atoms. The van der Waals surface area contributed by atoms with Crippen LogP contribution in [0.2, 0.25) is 0 Å². The topological polar surface area (TPSA) is 120 Å². The number of nitrogens with zero attached hydrogens (tertiary/aromatic N) is 1. The summed E-state index contributed by atoms with van der Waals surface area (Å²) >= 11 is 0. The van der Waals surface area contributed by atoms with E-state index in [1.807, 2.05) is 6.07 Å². The first-order chi connectivity index (χ1) is 17.8. The van der Waals surface area contributed by atoms with Gasteiger partial charge in [0.1, 0.15) is 11.6 Å². The second kappa shape index (κ2) is 14.3. The van der Waals surface area contributed by atoms with Gasteiger partial charge >= 0.3 is 11.9 Å². The lowest BCUT2D eigenvalue weighted by atomic mass is 9.90. The van der Waals surface area contributed by atoms with Crippen molar-refractivity contribution in [3.05, 3.63) is 69.9 Å². The number of H-pyrrole nitrogens is 1. The average Bonchev–Trinajstić information content (AvgIpc) is 2.90. The first kappa shape index (κ1) is 28.1. The Morgan fingerprint density at radius 1 is 1.05 bits per heavy atom. The minimum Gasteiger partial charge on any atom is -0.493 e. The highest BCUT2D eigenvalue weighted by molar-refractivity contribution is 6.27. The van der Waals surface area contributed by atoms with Gasteiger partial charge in [-0.05, 0) is 62.7 Å². The van der Waals surface area contributed by atoms with Crippen molar-refractivity contribution in [2.24, 2.45) is 11.8 Å². The van der Waals surface area contributed by atoms with Gasteiger partial charge in [0.25, 0.3) is 5.56 Å². The highest BCUT2D eigenvalue weighted by Gasteiger charge is 2.19. The number of carboxylic acid groups (broad SMARTS) is 2. The molecule has 0 atom stereocenters. The molecule has 0 radical (unpaired) electrons. The quantitative estimate of drug-likeness (QED) is 0.464. The molecule has 8 nitrogen and oxygen atoms in total. The maximum atomic E-state index is 13.4. The van der Waals surface area contributed by atoms with Gasteiger partial charge in [-0.2, -0.15) is 0 Å². The number of carbonyl (C=O) groups is 2. The number of para-hydroxylation sites is 1. The van der Waals surface area contributed by atoms with Gasteiger partial charge in [-0.1, -0.05) is 49.6 Å². The summed E-state index contributed by atoms with van der Waals surface area (Å²) in [4.78, 5) is 34.8. The maximum Gasteiger partial charge on any atom is 0.414 e. The minimum atomic E-state index is -1.82. The Kier molecular flexibility index (Phi) is 10.9. The fourth-order valence-corrected chi connectivity index (χ4v) is 4.71. The van der Waals surface area contributed by atoms with Gasteiger partial charge < -0.3 is 19.9 Å². The summed E-state index contributed by atoms with van der Waals surface area (Å²) in [5.41, 5.74) is 1.44. The van der Waals surface area contributed by atoms with Crippen molar-refractivity contribution in [3.8, 4) is 5.75 Å². The molecular formula is C28H35FN2O6. The first-order valence-corrected chi connectivity index (χ1v) is 12.8. The van der Waals surface area contributed by atoms with Gasteiger partial charge in [0.05, 0.1) is 6.61 Å². The zero-order valence-corrected chi connectivity index (χ0v) is 20.9. The van der Waals surface area contributed by atoms with Crippen LogP contribution in [-0.2, 0) is 16.1 Å². The summed E-state index contributed by atoms with van der Waals surface area (Å²) in [6.07, 6.45) is 14.3. The van der Waals surface area contributed by atoms with E-state index >= 15 is 0 Å². The second-order valence-corrected chi connectivity index (χ2v) is 9.61. The molecule has 2 aliphatic rings. The molecule has 2 heterocycles. The molecule has 3 N–H and O–H groups in total. The molecule has 2 fully saturated rings. The molecule has 0 bridgehead atoms. The summed E-state index contributed by atoms with van der Waals surface area (Å²) < 4.78 is 19.6. The van der Waals surface area contributed by atoms with E-state index in [9.17, 15) is 9.18 Å². The number of pyridine rings is 1. The maximum absolute atomic E-state index is 13.4. The van der Waals surface area contributed by atoms with Gasteiger partial charge in [0.2, 0.25) is 0 Å². The van der Waals surface area contributed by atoms with E-state index in [2.05, 4.69) is 40.2 Å². The van der Waals surface area contributed by atoms with Crippen LogP contribution in [0.5, 0.6) is 5.75 Å². The molecule has 9 heteroatoms. The number of ether oxygens (including phenoxy) is 1. The van der Waals surface area contributed by atoms with E-state index in [-0.39, 0.29) is 5.56 Å². The van der Waals surface area contributed by atoms with Crippen molar-refractivity contribution in [2.45, 2.75) is 51.5 Å². The fourth-order valence-electron chi connectivity index (χ4n) is 4.71. The predicted octanol–water partition coefficient (Wildman–Crippen LogP) is 4.55. The Bertz CT molecular complexity index is 1110. The number of aliphatic carboxylic acids is 2. The van der Waals surface area contributed by atoms with Crippen molar-refractivity contribution in [3.63, 3.8) is 0 Å². The third kappa shape index (κ3) is 9.49. The smallest absolute Gasteiger partial charge is 0.414 e. The molecular weight excluding hydrogens is 479 g/mol. The summed E-state index contributed by atoms with van der Waals surface area (Å²) in [7, 11) is 0. The number of aromatic nitrogens is 1. The Labute approximate surface area is 215 Å². The normalized spacial score (nSPS) is 17.2. The molecule has 1 aliphatic carbocycles. The highest BCUT2D eigenvalue weighted by atomic mass is 19.1. The van der Waals surface area contributed by atoms with Gasteiger partial charge in [-0.3, -0.25) is 9.69 Å². The number of hydrogen-bond acceptors (Lipinski definition) is 5. The van der Waals surface area contributed by atoms with Crippen LogP contribution >= 0.6 is 0 Å². The van der Waals surface area contributed by atoms with Crippen LogP contribution in [-0.4, -0.2) is 51.7 Å². The Balaban J connectivity index is 0.000000568. The molecule has 200 valence electrons. The zero-order valence-electron chi connectivity index (χ0n) is 20.9. The number of nitrogens with one attached hydrogen (secondary N) is 1. The number of aromatic amines is 1. The second-order valence-electron chi connectivity index (χ2n) is 9.61. The van der Waals surface area contributed by atoms with E-state index < -0.39 is 17.8 Å². The molecule has 2 aromatic rings. The van der Waals surface area contributed by atoms with Crippen LogP contribution < -0.4 is 10.3 Å². The number of halogens is 1. The molecule has 1 aliphatic heterocycles. The predicted molar refractivity (Wildman–Crippen MR) is 138 cm³/mol. The molecule has 0 unspecified atom stereocenters. The number of hydrogen-bond donors (Lipinski definition) is 3. The SMILES string of the molecule is O=C(O)C(=O)O.O=c1[nH]cc(F)cc1CN1CCC(C=Cc2ccccc2OCC2CCCCC2)CC1. The molecule has 1 saturated heterocycles. The Hall–Kier alpha value is -3.46. The van der Waals surface area contributed by atoms with Crippen LogP contribution in [0.25, 0.3) is 6.08 Å². The van der Waals surface area contributed by atoms with Crippen molar-refractivity contribution in [1.29, 1.82) is 0 Å². The van der Waals surface area contributed by atoms with Crippen molar-refractivity contribution < 1.29 is 28.9 Å².